The fourth-order valence-corrected chi connectivity index (χ4v) is 2.06. The number of aromatic nitrogens is 2. The maximum absolute atomic E-state index is 12.0. The highest BCUT2D eigenvalue weighted by Crippen LogP contribution is 2.17. The van der Waals surface area contributed by atoms with Gasteiger partial charge in [-0.25, -0.2) is 4.68 Å². The molecule has 1 heterocycles. The second kappa shape index (κ2) is 8.17. The number of anilines is 1. The van der Waals surface area contributed by atoms with Gasteiger partial charge in [0.15, 0.2) is 0 Å². The van der Waals surface area contributed by atoms with Crippen LogP contribution in [0.5, 0.6) is 0 Å². The summed E-state index contributed by atoms with van der Waals surface area (Å²) in [5.74, 6) is 0. The Labute approximate surface area is 119 Å². The topological polar surface area (TPSA) is 72.9 Å². The van der Waals surface area contributed by atoms with Crippen LogP contribution in [-0.4, -0.2) is 22.4 Å². The van der Waals surface area contributed by atoms with Gasteiger partial charge in [0.25, 0.3) is 5.56 Å². The molecule has 1 aromatic heterocycles. The van der Waals surface area contributed by atoms with E-state index in [2.05, 4.69) is 17.3 Å². The molecular formula is C13H23ClN4O. The molecule has 0 amide bonds. The molecule has 0 aliphatic rings. The predicted molar refractivity (Wildman–Crippen MR) is 79.8 cm³/mol. The highest BCUT2D eigenvalue weighted by molar-refractivity contribution is 6.32. The smallest absolute Gasteiger partial charge is 0.287 e. The standard InChI is InChI=1S/C13H23ClN4O/c1-3-5-6-10(8-15)17-11-9-16-18(7-4-2)13(19)12(11)14/h9-10,17H,3-8,15H2,1-2H3. The van der Waals surface area contributed by atoms with Crippen molar-refractivity contribution in [3.8, 4) is 0 Å². The van der Waals surface area contributed by atoms with E-state index >= 15 is 0 Å². The van der Waals surface area contributed by atoms with Crippen LogP contribution in [-0.2, 0) is 6.54 Å². The second-order valence-corrected chi connectivity index (χ2v) is 5.00. The van der Waals surface area contributed by atoms with Crippen molar-refractivity contribution in [1.82, 2.24) is 9.78 Å². The van der Waals surface area contributed by atoms with E-state index in [-0.39, 0.29) is 16.6 Å². The van der Waals surface area contributed by atoms with Gasteiger partial charge in [-0.1, -0.05) is 38.3 Å². The Morgan fingerprint density at radius 2 is 2.21 bits per heavy atom. The SMILES string of the molecule is CCCCC(CN)Nc1cnn(CCC)c(=O)c1Cl. The Balaban J connectivity index is 2.83. The fraction of sp³-hybridized carbons (Fsp3) is 0.692. The molecule has 0 spiro atoms. The van der Waals surface area contributed by atoms with E-state index in [4.69, 9.17) is 17.3 Å². The van der Waals surface area contributed by atoms with E-state index in [1.807, 2.05) is 6.92 Å². The molecule has 1 unspecified atom stereocenters. The normalized spacial score (nSPS) is 12.4. The van der Waals surface area contributed by atoms with E-state index in [0.717, 1.165) is 25.7 Å². The number of hydrogen-bond donors (Lipinski definition) is 2. The minimum absolute atomic E-state index is 0.126. The minimum atomic E-state index is -0.250. The second-order valence-electron chi connectivity index (χ2n) is 4.62. The number of nitrogens with one attached hydrogen (secondary N) is 1. The van der Waals surface area contributed by atoms with Gasteiger partial charge in [-0.15, -0.1) is 0 Å². The number of halogens is 1. The van der Waals surface area contributed by atoms with Gasteiger partial charge in [0.05, 0.1) is 11.9 Å². The molecule has 0 aliphatic carbocycles. The van der Waals surface area contributed by atoms with E-state index in [1.165, 1.54) is 4.68 Å². The maximum Gasteiger partial charge on any atom is 0.287 e. The summed E-state index contributed by atoms with van der Waals surface area (Å²) in [5.41, 5.74) is 6.04. The van der Waals surface area contributed by atoms with Gasteiger partial charge in [0, 0.05) is 19.1 Å². The van der Waals surface area contributed by atoms with Crippen molar-refractivity contribution < 1.29 is 0 Å². The summed E-state index contributed by atoms with van der Waals surface area (Å²) in [6.07, 6.45) is 5.61. The van der Waals surface area contributed by atoms with Crippen LogP contribution in [0.1, 0.15) is 39.5 Å². The molecule has 0 saturated carbocycles. The van der Waals surface area contributed by atoms with Crippen molar-refractivity contribution in [2.24, 2.45) is 5.73 Å². The summed E-state index contributed by atoms with van der Waals surface area (Å²) in [5, 5.41) is 7.51. The molecule has 0 aliphatic heterocycles. The molecule has 19 heavy (non-hydrogen) atoms. The summed E-state index contributed by atoms with van der Waals surface area (Å²) in [6, 6.07) is 0.126. The lowest BCUT2D eigenvalue weighted by molar-refractivity contribution is 0.566. The number of nitrogens with zero attached hydrogens (tertiary/aromatic N) is 2. The molecule has 6 heteroatoms. The Kier molecular flexibility index (Phi) is 6.87. The summed E-state index contributed by atoms with van der Waals surface area (Å²) in [4.78, 5) is 12.0. The van der Waals surface area contributed by atoms with Crippen molar-refractivity contribution in [2.75, 3.05) is 11.9 Å². The highest BCUT2D eigenvalue weighted by atomic mass is 35.5. The lowest BCUT2D eigenvalue weighted by Crippen LogP contribution is -2.31. The molecule has 1 aromatic rings. The molecular weight excluding hydrogens is 264 g/mol. The van der Waals surface area contributed by atoms with E-state index in [0.29, 0.717) is 18.8 Å². The van der Waals surface area contributed by atoms with Crippen LogP contribution in [0.15, 0.2) is 11.0 Å². The average Bonchev–Trinajstić information content (AvgIpc) is 2.42. The van der Waals surface area contributed by atoms with Crippen LogP contribution in [0.2, 0.25) is 5.02 Å². The number of unbranched alkanes of at least 4 members (excludes halogenated alkanes) is 1. The first-order valence-corrected chi connectivity index (χ1v) is 7.24. The number of hydrogen-bond acceptors (Lipinski definition) is 4. The Morgan fingerprint density at radius 3 is 2.79 bits per heavy atom. The molecule has 1 atom stereocenters. The van der Waals surface area contributed by atoms with Gasteiger partial charge in [-0.05, 0) is 12.8 Å². The first kappa shape index (κ1) is 16.0. The van der Waals surface area contributed by atoms with Crippen molar-refractivity contribution in [2.45, 2.75) is 52.1 Å². The summed E-state index contributed by atoms with van der Waals surface area (Å²) in [7, 11) is 0. The zero-order chi connectivity index (χ0) is 14.3. The largest absolute Gasteiger partial charge is 0.378 e. The highest BCUT2D eigenvalue weighted by Gasteiger charge is 2.12. The first-order valence-electron chi connectivity index (χ1n) is 6.86. The predicted octanol–water partition coefficient (Wildman–Crippen LogP) is 2.24. The number of nitrogens with two attached hydrogens (primary N) is 1. The first-order chi connectivity index (χ1) is 9.13. The molecule has 5 nitrogen and oxygen atoms in total. The quantitative estimate of drug-likeness (QED) is 0.769. The minimum Gasteiger partial charge on any atom is -0.378 e. The van der Waals surface area contributed by atoms with E-state index < -0.39 is 0 Å². The molecule has 1 rings (SSSR count). The monoisotopic (exact) mass is 286 g/mol. The van der Waals surface area contributed by atoms with Gasteiger partial charge in [-0.2, -0.15) is 5.10 Å². The fourth-order valence-electron chi connectivity index (χ4n) is 1.86. The summed E-state index contributed by atoms with van der Waals surface area (Å²) >= 11 is 6.09. The third-order valence-corrected chi connectivity index (χ3v) is 3.34. The zero-order valence-electron chi connectivity index (χ0n) is 11.7. The Hall–Kier alpha value is -1.07. The lowest BCUT2D eigenvalue weighted by Gasteiger charge is -2.18. The molecule has 108 valence electrons. The summed E-state index contributed by atoms with van der Waals surface area (Å²) < 4.78 is 1.39. The molecule has 0 aromatic carbocycles. The van der Waals surface area contributed by atoms with Crippen LogP contribution in [0, 0.1) is 0 Å². The molecule has 0 saturated heterocycles. The van der Waals surface area contributed by atoms with Gasteiger partial charge in [0.2, 0.25) is 0 Å². The molecule has 0 fully saturated rings. The van der Waals surface area contributed by atoms with Crippen LogP contribution >= 0.6 is 11.6 Å². The molecule has 0 bridgehead atoms. The van der Waals surface area contributed by atoms with Gasteiger partial charge < -0.3 is 11.1 Å². The van der Waals surface area contributed by atoms with Gasteiger partial charge >= 0.3 is 0 Å². The van der Waals surface area contributed by atoms with Crippen LogP contribution in [0.3, 0.4) is 0 Å². The molecule has 3 N–H and O–H groups in total. The lowest BCUT2D eigenvalue weighted by atomic mass is 10.1. The summed E-state index contributed by atoms with van der Waals surface area (Å²) in [6.45, 7) is 5.21. The maximum atomic E-state index is 12.0. The third kappa shape index (κ3) is 4.51. The third-order valence-electron chi connectivity index (χ3n) is 2.97. The van der Waals surface area contributed by atoms with Gasteiger partial charge in [-0.3, -0.25) is 4.79 Å². The average molecular weight is 287 g/mol. The van der Waals surface area contributed by atoms with Gasteiger partial charge in [0.1, 0.15) is 5.02 Å². The number of rotatable bonds is 8. The van der Waals surface area contributed by atoms with E-state index in [1.54, 1.807) is 6.20 Å². The number of aryl methyl sites for hydroxylation is 1. The van der Waals surface area contributed by atoms with Crippen LogP contribution < -0.4 is 16.6 Å². The van der Waals surface area contributed by atoms with Crippen molar-refractivity contribution >= 4 is 17.3 Å². The Bertz CT molecular complexity index is 447. The Morgan fingerprint density at radius 1 is 1.47 bits per heavy atom. The van der Waals surface area contributed by atoms with Crippen molar-refractivity contribution in [1.29, 1.82) is 0 Å². The molecule has 0 radical (unpaired) electrons. The van der Waals surface area contributed by atoms with E-state index in [9.17, 15) is 4.79 Å². The zero-order valence-corrected chi connectivity index (χ0v) is 12.4. The van der Waals surface area contributed by atoms with Crippen LogP contribution in [0.25, 0.3) is 0 Å². The van der Waals surface area contributed by atoms with Crippen LogP contribution in [0.4, 0.5) is 5.69 Å². The van der Waals surface area contributed by atoms with Crippen molar-refractivity contribution in [3.05, 3.63) is 21.6 Å². The van der Waals surface area contributed by atoms with Crippen molar-refractivity contribution in [3.63, 3.8) is 0 Å².